The number of carbonyl (C=O) groups excluding carboxylic acids is 3. The van der Waals surface area contributed by atoms with E-state index in [2.05, 4.69) is 10.6 Å². The van der Waals surface area contributed by atoms with Gasteiger partial charge in [0.15, 0.2) is 11.5 Å². The highest BCUT2D eigenvalue weighted by molar-refractivity contribution is 6.04. The number of hydrogen-bond donors (Lipinski definition) is 2. The molecule has 8 nitrogen and oxygen atoms in total. The van der Waals surface area contributed by atoms with Crippen molar-refractivity contribution in [3.8, 4) is 11.5 Å². The third-order valence-corrected chi connectivity index (χ3v) is 6.06. The van der Waals surface area contributed by atoms with E-state index in [1.807, 2.05) is 18.2 Å². The summed E-state index contributed by atoms with van der Waals surface area (Å²) in [6.07, 6.45) is 0. The van der Waals surface area contributed by atoms with Gasteiger partial charge in [0.05, 0.1) is 26.2 Å². The van der Waals surface area contributed by atoms with Gasteiger partial charge in [-0.2, -0.15) is 0 Å². The molecular weight excluding hydrogens is 446 g/mol. The summed E-state index contributed by atoms with van der Waals surface area (Å²) < 4.78 is 10.8. The van der Waals surface area contributed by atoms with Crippen molar-refractivity contribution < 1.29 is 23.9 Å². The van der Waals surface area contributed by atoms with E-state index in [0.29, 0.717) is 34.0 Å². The van der Waals surface area contributed by atoms with Crippen LogP contribution in [-0.4, -0.2) is 43.9 Å². The van der Waals surface area contributed by atoms with Gasteiger partial charge in [0.2, 0.25) is 11.8 Å². The molecule has 8 heteroatoms. The molecule has 4 rings (SSSR count). The van der Waals surface area contributed by atoms with Crippen LogP contribution in [0.1, 0.15) is 40.4 Å². The number of fused-ring (bicyclic) bond motifs is 1. The van der Waals surface area contributed by atoms with Crippen LogP contribution in [0.3, 0.4) is 0 Å². The van der Waals surface area contributed by atoms with E-state index in [-0.39, 0.29) is 17.7 Å². The average Bonchev–Trinajstić information content (AvgIpc) is 2.85. The number of likely N-dealkylation sites (N-methyl/N-ethyl adjacent to an activating group) is 1. The lowest BCUT2D eigenvalue weighted by molar-refractivity contribution is -0.119. The Morgan fingerprint density at radius 1 is 0.857 bits per heavy atom. The molecule has 0 saturated carbocycles. The molecule has 0 fully saturated rings. The summed E-state index contributed by atoms with van der Waals surface area (Å²) in [7, 11) is 4.78. The van der Waals surface area contributed by atoms with Gasteiger partial charge >= 0.3 is 0 Å². The third-order valence-electron chi connectivity index (χ3n) is 6.06. The first-order valence-corrected chi connectivity index (χ1v) is 11.1. The molecular formula is C27H27N3O5. The lowest BCUT2D eigenvalue weighted by atomic mass is 9.79. The van der Waals surface area contributed by atoms with Crippen LogP contribution < -0.4 is 20.1 Å². The lowest BCUT2D eigenvalue weighted by Crippen LogP contribution is -2.44. The van der Waals surface area contributed by atoms with Gasteiger partial charge in [-0.25, -0.2) is 0 Å². The smallest absolute Gasteiger partial charge is 0.254 e. The maximum atomic E-state index is 13.8. The van der Waals surface area contributed by atoms with E-state index >= 15 is 0 Å². The highest BCUT2D eigenvalue weighted by atomic mass is 16.5. The zero-order valence-corrected chi connectivity index (χ0v) is 20.0. The first kappa shape index (κ1) is 23.8. The molecule has 0 spiro atoms. The zero-order valence-electron chi connectivity index (χ0n) is 20.0. The highest BCUT2D eigenvalue weighted by Crippen LogP contribution is 2.44. The van der Waals surface area contributed by atoms with Crippen molar-refractivity contribution in [2.45, 2.75) is 18.9 Å². The Hall–Kier alpha value is -4.33. The Balaban J connectivity index is 1.78. The monoisotopic (exact) mass is 473 g/mol. The van der Waals surface area contributed by atoms with E-state index in [1.165, 1.54) is 6.92 Å². The fraction of sp³-hybridized carbons (Fsp3) is 0.222. The second-order valence-corrected chi connectivity index (χ2v) is 8.29. The highest BCUT2D eigenvalue weighted by Gasteiger charge is 2.42. The van der Waals surface area contributed by atoms with Gasteiger partial charge < -0.3 is 25.0 Å². The Morgan fingerprint density at radius 2 is 1.54 bits per heavy atom. The van der Waals surface area contributed by atoms with Crippen molar-refractivity contribution in [3.05, 3.63) is 83.4 Å². The molecule has 0 aliphatic carbocycles. The average molecular weight is 474 g/mol. The number of methoxy groups -OCH3 is 2. The molecule has 3 aromatic rings. The zero-order chi connectivity index (χ0) is 25.1. The van der Waals surface area contributed by atoms with Crippen LogP contribution in [0.5, 0.6) is 11.5 Å². The molecule has 0 saturated heterocycles. The number of nitrogens with one attached hydrogen (secondary N) is 2. The number of hydrogen-bond acceptors (Lipinski definition) is 5. The Kier molecular flexibility index (Phi) is 6.73. The Bertz CT molecular complexity index is 1290. The predicted octanol–water partition coefficient (Wildman–Crippen LogP) is 4.21. The van der Waals surface area contributed by atoms with Crippen LogP contribution in [0.15, 0.2) is 66.7 Å². The van der Waals surface area contributed by atoms with Crippen molar-refractivity contribution in [2.75, 3.05) is 31.9 Å². The second kappa shape index (κ2) is 9.89. The Labute approximate surface area is 203 Å². The minimum absolute atomic E-state index is 0.169. The summed E-state index contributed by atoms with van der Waals surface area (Å²) in [5.41, 5.74) is 2.97. The molecule has 3 aromatic carbocycles. The van der Waals surface area contributed by atoms with Crippen LogP contribution in [0.25, 0.3) is 0 Å². The number of benzene rings is 3. The predicted molar refractivity (Wildman–Crippen MR) is 133 cm³/mol. The molecule has 2 atom stereocenters. The van der Waals surface area contributed by atoms with Gasteiger partial charge in [0, 0.05) is 30.9 Å². The number of anilines is 2. The number of ether oxygens (including phenoxy) is 2. The summed E-state index contributed by atoms with van der Waals surface area (Å²) in [5, 5.41) is 5.68. The van der Waals surface area contributed by atoms with Gasteiger partial charge in [0.25, 0.3) is 5.91 Å². The standard InChI is InChI=1S/C27H27N3O5/c1-16(31)28-18-8-7-9-19(15-18)29-26(32)24-20-10-5-6-11-21(20)27(33)30(2)25(24)17-12-13-22(34-3)23(14-17)35-4/h5-15,24-25H,1-4H3,(H,28,31)(H,29,32)/t24-,25-/m1/s1. The molecule has 0 aromatic heterocycles. The largest absolute Gasteiger partial charge is 0.493 e. The van der Waals surface area contributed by atoms with Crippen LogP contribution in [0, 0.1) is 0 Å². The summed E-state index contributed by atoms with van der Waals surface area (Å²) in [4.78, 5) is 40.1. The SMILES string of the molecule is COc1ccc([C@@H]2[C@H](C(=O)Nc3cccc(NC(C)=O)c3)c3ccccc3C(=O)N2C)cc1OC. The topological polar surface area (TPSA) is 97.0 Å². The quantitative estimate of drug-likeness (QED) is 0.559. The van der Waals surface area contributed by atoms with Gasteiger partial charge in [-0.1, -0.05) is 30.3 Å². The van der Waals surface area contributed by atoms with Crippen LogP contribution in [-0.2, 0) is 9.59 Å². The molecule has 0 bridgehead atoms. The molecule has 1 heterocycles. The van der Waals surface area contributed by atoms with Gasteiger partial charge in [-0.05, 0) is 47.5 Å². The molecule has 0 radical (unpaired) electrons. The first-order chi connectivity index (χ1) is 16.8. The molecule has 2 N–H and O–H groups in total. The Morgan fingerprint density at radius 3 is 2.23 bits per heavy atom. The van der Waals surface area contributed by atoms with Crippen LogP contribution >= 0.6 is 0 Å². The van der Waals surface area contributed by atoms with Crippen molar-refractivity contribution in [1.82, 2.24) is 4.90 Å². The summed E-state index contributed by atoms with van der Waals surface area (Å²) in [6.45, 7) is 1.42. The van der Waals surface area contributed by atoms with Crippen LogP contribution in [0.2, 0.25) is 0 Å². The van der Waals surface area contributed by atoms with E-state index in [1.54, 1.807) is 74.7 Å². The number of carbonyl (C=O) groups is 3. The van der Waals surface area contributed by atoms with Gasteiger partial charge in [-0.15, -0.1) is 0 Å². The summed E-state index contributed by atoms with van der Waals surface area (Å²) in [6, 6.07) is 18.9. The fourth-order valence-electron chi connectivity index (χ4n) is 4.51. The van der Waals surface area contributed by atoms with Crippen LogP contribution in [0.4, 0.5) is 11.4 Å². The fourth-order valence-corrected chi connectivity index (χ4v) is 4.51. The number of rotatable bonds is 6. The minimum Gasteiger partial charge on any atom is -0.493 e. The second-order valence-electron chi connectivity index (χ2n) is 8.29. The normalized spacial score (nSPS) is 16.8. The molecule has 35 heavy (non-hydrogen) atoms. The van der Waals surface area contributed by atoms with E-state index in [9.17, 15) is 14.4 Å². The number of amides is 3. The molecule has 3 amide bonds. The maximum absolute atomic E-state index is 13.8. The third kappa shape index (κ3) is 4.68. The molecule has 0 unspecified atom stereocenters. The van der Waals surface area contributed by atoms with E-state index < -0.39 is 12.0 Å². The first-order valence-electron chi connectivity index (χ1n) is 11.1. The molecule has 180 valence electrons. The van der Waals surface area contributed by atoms with Crippen molar-refractivity contribution >= 4 is 29.1 Å². The van der Waals surface area contributed by atoms with Crippen molar-refractivity contribution in [3.63, 3.8) is 0 Å². The molecule has 1 aliphatic rings. The van der Waals surface area contributed by atoms with E-state index in [0.717, 1.165) is 5.56 Å². The maximum Gasteiger partial charge on any atom is 0.254 e. The lowest BCUT2D eigenvalue weighted by Gasteiger charge is -2.40. The molecule has 1 aliphatic heterocycles. The minimum atomic E-state index is -0.698. The van der Waals surface area contributed by atoms with E-state index in [4.69, 9.17) is 9.47 Å². The summed E-state index contributed by atoms with van der Waals surface area (Å²) in [5.74, 6) is -0.294. The number of nitrogens with zero attached hydrogens (tertiary/aromatic N) is 1. The van der Waals surface area contributed by atoms with Crippen molar-refractivity contribution in [2.24, 2.45) is 0 Å². The van der Waals surface area contributed by atoms with Gasteiger partial charge in [-0.3, -0.25) is 14.4 Å². The van der Waals surface area contributed by atoms with Crippen molar-refractivity contribution in [1.29, 1.82) is 0 Å². The summed E-state index contributed by atoms with van der Waals surface area (Å²) >= 11 is 0. The van der Waals surface area contributed by atoms with Gasteiger partial charge in [0.1, 0.15) is 0 Å².